The number of rotatable bonds is 4. The molecule has 0 saturated carbocycles. The van der Waals surface area contributed by atoms with Gasteiger partial charge >= 0.3 is 0 Å². The molecule has 2 N–H and O–H groups in total. The van der Waals surface area contributed by atoms with Gasteiger partial charge in [-0.05, 0) is 49.3 Å². The second kappa shape index (κ2) is 6.95. The van der Waals surface area contributed by atoms with E-state index in [4.69, 9.17) is 5.73 Å². The molecule has 0 aliphatic heterocycles. The maximum Gasteiger partial charge on any atom is 0.0317 e. The Labute approximate surface area is 116 Å². The molecule has 0 bridgehead atoms. The summed E-state index contributed by atoms with van der Waals surface area (Å²) in [5.74, 6) is 0. The molecule has 2 aromatic rings. The van der Waals surface area contributed by atoms with Crippen LogP contribution in [-0.4, -0.2) is 19.0 Å². The van der Waals surface area contributed by atoms with E-state index in [9.17, 15) is 0 Å². The summed E-state index contributed by atoms with van der Waals surface area (Å²) in [6.07, 6.45) is 0.963. The van der Waals surface area contributed by atoms with Crippen molar-refractivity contribution in [1.29, 1.82) is 0 Å². The van der Waals surface area contributed by atoms with Crippen LogP contribution in [-0.2, 0) is 13.0 Å². The van der Waals surface area contributed by atoms with Crippen molar-refractivity contribution in [3.8, 4) is 0 Å². The summed E-state index contributed by atoms with van der Waals surface area (Å²) < 4.78 is 0. The minimum absolute atomic E-state index is 0. The lowest BCUT2D eigenvalue weighted by Crippen LogP contribution is -2.13. The number of nitrogens with two attached hydrogens (primary N) is 1. The quantitative estimate of drug-likeness (QED) is 0.848. The fraction of sp³-hybridized carbons (Fsp3) is 0.294. The third-order valence-electron chi connectivity index (χ3n) is 2.95. The Balaban J connectivity index is 0.00000180. The molecule has 2 rings (SSSR count). The molecular weight excluding hydrogens is 232 g/mol. The van der Waals surface area contributed by atoms with Crippen LogP contribution in [0.5, 0.6) is 0 Å². The van der Waals surface area contributed by atoms with Crippen molar-refractivity contribution in [1.82, 2.24) is 4.90 Å². The van der Waals surface area contributed by atoms with Crippen molar-refractivity contribution in [2.75, 3.05) is 19.8 Å². The molecule has 0 radical (unpaired) electrons. The summed E-state index contributed by atoms with van der Waals surface area (Å²) in [5, 5.41) is 0. The first-order chi connectivity index (χ1) is 8.65. The highest BCUT2D eigenvalue weighted by Gasteiger charge is 2.05. The summed E-state index contributed by atoms with van der Waals surface area (Å²) >= 11 is 0. The summed E-state index contributed by atoms with van der Waals surface area (Å²) in [5.41, 5.74) is 10.7. The maximum atomic E-state index is 5.88. The van der Waals surface area contributed by atoms with Crippen LogP contribution in [0.3, 0.4) is 0 Å². The van der Waals surface area contributed by atoms with E-state index in [0.717, 1.165) is 18.7 Å². The van der Waals surface area contributed by atoms with Gasteiger partial charge in [-0.1, -0.05) is 43.8 Å². The first-order valence-electron chi connectivity index (χ1n) is 6.21. The van der Waals surface area contributed by atoms with Crippen molar-refractivity contribution in [3.05, 3.63) is 65.2 Å². The zero-order valence-corrected chi connectivity index (χ0v) is 11.1. The molecule has 2 aromatic carbocycles. The lowest BCUT2D eigenvalue weighted by molar-refractivity contribution is 0.401. The average Bonchev–Trinajstić information content (AvgIpc) is 2.33. The Kier molecular flexibility index (Phi) is 5.58. The number of nitrogens with zero attached hydrogens (tertiary/aromatic N) is 1. The van der Waals surface area contributed by atoms with E-state index in [1.165, 1.54) is 16.7 Å². The van der Waals surface area contributed by atoms with E-state index in [1.807, 2.05) is 12.1 Å². The third kappa shape index (κ3) is 4.42. The van der Waals surface area contributed by atoms with Crippen LogP contribution in [0.1, 0.15) is 24.1 Å². The predicted octanol–water partition coefficient (Wildman–Crippen LogP) is 3.56. The molecule has 0 aliphatic carbocycles. The third-order valence-corrected chi connectivity index (χ3v) is 2.95. The highest BCUT2D eigenvalue weighted by atomic mass is 15.0. The molecule has 2 nitrogen and oxygen atoms in total. The van der Waals surface area contributed by atoms with E-state index < -0.39 is 0 Å². The van der Waals surface area contributed by atoms with E-state index in [0.29, 0.717) is 0 Å². The Morgan fingerprint density at radius 1 is 0.947 bits per heavy atom. The van der Waals surface area contributed by atoms with Gasteiger partial charge in [-0.15, -0.1) is 0 Å². The second-order valence-corrected chi connectivity index (χ2v) is 4.93. The first-order valence-corrected chi connectivity index (χ1v) is 6.21. The van der Waals surface area contributed by atoms with Crippen LogP contribution in [0.25, 0.3) is 0 Å². The fourth-order valence-corrected chi connectivity index (χ4v) is 2.12. The lowest BCUT2D eigenvalue weighted by atomic mass is 9.99. The van der Waals surface area contributed by atoms with Gasteiger partial charge in [-0.2, -0.15) is 0 Å². The van der Waals surface area contributed by atoms with Crippen LogP contribution in [0, 0.1) is 0 Å². The van der Waals surface area contributed by atoms with E-state index in [1.54, 1.807) is 0 Å². The zero-order valence-electron chi connectivity index (χ0n) is 11.1. The molecule has 19 heavy (non-hydrogen) atoms. The normalized spacial score (nSPS) is 10.3. The van der Waals surface area contributed by atoms with Crippen molar-refractivity contribution >= 4 is 5.69 Å². The number of hydrogen-bond donors (Lipinski definition) is 1. The van der Waals surface area contributed by atoms with Gasteiger partial charge in [0.1, 0.15) is 0 Å². The molecule has 0 aliphatic rings. The Bertz CT molecular complexity index is 504. The Morgan fingerprint density at radius 2 is 1.63 bits per heavy atom. The minimum Gasteiger partial charge on any atom is -0.399 e. The zero-order chi connectivity index (χ0) is 13.0. The van der Waals surface area contributed by atoms with Gasteiger partial charge in [-0.25, -0.2) is 0 Å². The molecule has 0 fully saturated rings. The standard InChI is InChI=1S/C16H20N2.CH4/c1-18(2)12-15-11-16(17)9-8-14(15)10-13-6-4-3-5-7-13;/h3-9,11H,10,12,17H2,1-2H3;1H4. The van der Waals surface area contributed by atoms with Crippen molar-refractivity contribution in [3.63, 3.8) is 0 Å². The van der Waals surface area contributed by atoms with Gasteiger partial charge in [-0.3, -0.25) is 0 Å². The van der Waals surface area contributed by atoms with E-state index >= 15 is 0 Å². The van der Waals surface area contributed by atoms with Gasteiger partial charge in [0.2, 0.25) is 0 Å². The van der Waals surface area contributed by atoms with Crippen LogP contribution >= 0.6 is 0 Å². The van der Waals surface area contributed by atoms with Gasteiger partial charge in [0.25, 0.3) is 0 Å². The summed E-state index contributed by atoms with van der Waals surface area (Å²) in [4.78, 5) is 2.17. The first kappa shape index (κ1) is 15.3. The molecule has 0 heterocycles. The van der Waals surface area contributed by atoms with Gasteiger partial charge < -0.3 is 10.6 Å². The monoisotopic (exact) mass is 256 g/mol. The van der Waals surface area contributed by atoms with Crippen molar-refractivity contribution < 1.29 is 0 Å². The highest BCUT2D eigenvalue weighted by molar-refractivity contribution is 5.46. The molecule has 2 heteroatoms. The van der Waals surface area contributed by atoms with Crippen molar-refractivity contribution in [2.45, 2.75) is 20.4 Å². The fourth-order valence-electron chi connectivity index (χ4n) is 2.12. The largest absolute Gasteiger partial charge is 0.399 e. The number of hydrogen-bond acceptors (Lipinski definition) is 2. The molecule has 0 amide bonds. The lowest BCUT2D eigenvalue weighted by Gasteiger charge is -2.15. The minimum atomic E-state index is 0. The molecule has 0 spiro atoms. The second-order valence-electron chi connectivity index (χ2n) is 4.93. The maximum absolute atomic E-state index is 5.88. The summed E-state index contributed by atoms with van der Waals surface area (Å²) in [7, 11) is 4.16. The van der Waals surface area contributed by atoms with Gasteiger partial charge in [0.15, 0.2) is 0 Å². The van der Waals surface area contributed by atoms with Crippen LogP contribution in [0.4, 0.5) is 5.69 Å². The molecule has 0 saturated heterocycles. The SMILES string of the molecule is C.CN(C)Cc1cc(N)ccc1Cc1ccccc1. The highest BCUT2D eigenvalue weighted by Crippen LogP contribution is 2.18. The number of anilines is 1. The summed E-state index contributed by atoms with van der Waals surface area (Å²) in [6, 6.07) is 16.7. The summed E-state index contributed by atoms with van der Waals surface area (Å²) in [6.45, 7) is 0.924. The molecule has 0 unspecified atom stereocenters. The van der Waals surface area contributed by atoms with Gasteiger partial charge in [0.05, 0.1) is 0 Å². The Hall–Kier alpha value is -1.80. The van der Waals surface area contributed by atoms with E-state index in [2.05, 4.69) is 55.4 Å². The Morgan fingerprint density at radius 3 is 2.26 bits per heavy atom. The van der Waals surface area contributed by atoms with E-state index in [-0.39, 0.29) is 7.43 Å². The molecular formula is C17H24N2. The molecule has 102 valence electrons. The van der Waals surface area contributed by atoms with Crippen molar-refractivity contribution in [2.24, 2.45) is 0 Å². The van der Waals surface area contributed by atoms with Crippen LogP contribution in [0.15, 0.2) is 48.5 Å². The number of benzene rings is 2. The molecule has 0 aromatic heterocycles. The number of nitrogen functional groups attached to an aromatic ring is 1. The van der Waals surface area contributed by atoms with Crippen LogP contribution < -0.4 is 5.73 Å². The smallest absolute Gasteiger partial charge is 0.0317 e. The average molecular weight is 256 g/mol. The van der Waals surface area contributed by atoms with Gasteiger partial charge in [0, 0.05) is 12.2 Å². The topological polar surface area (TPSA) is 29.3 Å². The molecule has 0 atom stereocenters. The van der Waals surface area contributed by atoms with Crippen LogP contribution in [0.2, 0.25) is 0 Å². The predicted molar refractivity (Wildman–Crippen MR) is 84.2 cm³/mol.